The van der Waals surface area contributed by atoms with Crippen LogP contribution in [0.15, 0.2) is 28.7 Å². The van der Waals surface area contributed by atoms with E-state index in [1.54, 1.807) is 0 Å². The van der Waals surface area contributed by atoms with E-state index in [-0.39, 0.29) is 0 Å². The third kappa shape index (κ3) is 3.05. The lowest BCUT2D eigenvalue weighted by Crippen LogP contribution is -1.96. The van der Waals surface area contributed by atoms with Crippen molar-refractivity contribution in [2.75, 3.05) is 6.61 Å². The normalized spacial score (nSPS) is 9.42. The predicted octanol–water partition coefficient (Wildman–Crippen LogP) is 2.42. The molecule has 0 spiro atoms. The number of carbonyl (C=O) groups is 1. The molecule has 0 aliphatic heterocycles. The summed E-state index contributed by atoms with van der Waals surface area (Å²) in [7, 11) is 0. The van der Waals surface area contributed by atoms with Crippen molar-refractivity contribution in [2.45, 2.75) is 6.42 Å². The van der Waals surface area contributed by atoms with Crippen LogP contribution in [0.4, 0.5) is 0 Å². The van der Waals surface area contributed by atoms with Crippen LogP contribution in [-0.2, 0) is 4.79 Å². The molecule has 1 rings (SSSR count). The van der Waals surface area contributed by atoms with E-state index in [0.717, 1.165) is 16.5 Å². The van der Waals surface area contributed by atoms with Crippen LogP contribution in [0.3, 0.4) is 0 Å². The van der Waals surface area contributed by atoms with Gasteiger partial charge in [-0.3, -0.25) is 0 Å². The number of hydrogen-bond acceptors (Lipinski definition) is 2. The van der Waals surface area contributed by atoms with Crippen molar-refractivity contribution in [1.82, 2.24) is 0 Å². The maximum absolute atomic E-state index is 9.97. The summed E-state index contributed by atoms with van der Waals surface area (Å²) < 4.78 is 6.24. The summed E-state index contributed by atoms with van der Waals surface area (Å²) >= 11 is 3.32. The quantitative estimate of drug-likeness (QED) is 0.585. The van der Waals surface area contributed by atoms with Crippen molar-refractivity contribution in [2.24, 2.45) is 0 Å². The Morgan fingerprint density at radius 1 is 1.50 bits per heavy atom. The van der Waals surface area contributed by atoms with Gasteiger partial charge in [-0.15, -0.1) is 0 Å². The Bertz CT molecular complexity index is 260. The van der Waals surface area contributed by atoms with Crippen molar-refractivity contribution in [3.05, 3.63) is 28.7 Å². The van der Waals surface area contributed by atoms with E-state index in [4.69, 9.17) is 4.74 Å². The lowest BCUT2D eigenvalue weighted by Gasteiger charge is -2.02. The van der Waals surface area contributed by atoms with Gasteiger partial charge >= 0.3 is 0 Å². The first kappa shape index (κ1) is 9.26. The monoisotopic (exact) mass is 228 g/mol. The molecule has 0 fully saturated rings. The summed E-state index contributed by atoms with van der Waals surface area (Å²) in [6, 6.07) is 7.53. The van der Waals surface area contributed by atoms with Gasteiger partial charge in [-0.05, 0) is 18.2 Å². The second-order valence-electron chi connectivity index (χ2n) is 2.26. The summed E-state index contributed by atoms with van der Waals surface area (Å²) in [6.07, 6.45) is 1.28. The molecule has 0 bridgehead atoms. The smallest absolute Gasteiger partial charge is 0.123 e. The van der Waals surface area contributed by atoms with Gasteiger partial charge in [0.25, 0.3) is 0 Å². The number of carbonyl (C=O) groups excluding carboxylic acids is 1. The molecule has 12 heavy (non-hydrogen) atoms. The van der Waals surface area contributed by atoms with Crippen LogP contribution < -0.4 is 4.74 Å². The molecule has 0 saturated heterocycles. The van der Waals surface area contributed by atoms with E-state index in [1.807, 2.05) is 24.3 Å². The Kier molecular flexibility index (Phi) is 3.80. The molecule has 0 unspecified atom stereocenters. The fourth-order valence-electron chi connectivity index (χ4n) is 0.782. The largest absolute Gasteiger partial charge is 0.493 e. The van der Waals surface area contributed by atoms with Gasteiger partial charge in [0.15, 0.2) is 0 Å². The zero-order valence-electron chi connectivity index (χ0n) is 6.50. The third-order valence-corrected chi connectivity index (χ3v) is 1.79. The van der Waals surface area contributed by atoms with Gasteiger partial charge in [-0.1, -0.05) is 22.0 Å². The van der Waals surface area contributed by atoms with Crippen molar-refractivity contribution >= 4 is 22.2 Å². The fraction of sp³-hybridized carbons (Fsp3) is 0.222. The standard InChI is InChI=1S/C9H9BrO2/c10-8-3-1-4-9(7-8)12-6-2-5-11/h1,3-5,7H,2,6H2. The Morgan fingerprint density at radius 2 is 2.33 bits per heavy atom. The fourth-order valence-corrected chi connectivity index (χ4v) is 1.16. The van der Waals surface area contributed by atoms with Crippen molar-refractivity contribution in [3.8, 4) is 5.75 Å². The predicted molar refractivity (Wildman–Crippen MR) is 50.3 cm³/mol. The Hall–Kier alpha value is -0.830. The Balaban J connectivity index is 2.46. The van der Waals surface area contributed by atoms with Gasteiger partial charge < -0.3 is 9.53 Å². The molecule has 1 aromatic rings. The molecule has 1 aromatic carbocycles. The second-order valence-corrected chi connectivity index (χ2v) is 3.18. The summed E-state index contributed by atoms with van der Waals surface area (Å²) in [5.41, 5.74) is 0. The number of ether oxygens (including phenoxy) is 1. The first-order valence-electron chi connectivity index (χ1n) is 3.65. The Labute approximate surface area is 79.7 Å². The average Bonchev–Trinajstić information content (AvgIpc) is 2.05. The van der Waals surface area contributed by atoms with E-state index in [2.05, 4.69) is 15.9 Å². The third-order valence-electron chi connectivity index (χ3n) is 1.30. The number of halogens is 1. The molecule has 3 heteroatoms. The van der Waals surface area contributed by atoms with Crippen LogP contribution in [0.1, 0.15) is 6.42 Å². The highest BCUT2D eigenvalue weighted by Gasteiger charge is 1.92. The van der Waals surface area contributed by atoms with Crippen LogP contribution in [0.2, 0.25) is 0 Å². The molecule has 0 N–H and O–H groups in total. The molecule has 0 aliphatic carbocycles. The number of benzene rings is 1. The van der Waals surface area contributed by atoms with Gasteiger partial charge in [0, 0.05) is 10.9 Å². The van der Waals surface area contributed by atoms with Gasteiger partial charge in [-0.2, -0.15) is 0 Å². The zero-order chi connectivity index (χ0) is 8.81. The van der Waals surface area contributed by atoms with Crippen molar-refractivity contribution in [3.63, 3.8) is 0 Å². The molecule has 0 saturated carbocycles. The number of hydrogen-bond donors (Lipinski definition) is 0. The van der Waals surface area contributed by atoms with E-state index in [0.29, 0.717) is 13.0 Å². The molecule has 0 aliphatic rings. The molecule has 0 atom stereocenters. The van der Waals surface area contributed by atoms with Crippen LogP contribution >= 0.6 is 15.9 Å². The molecule has 2 nitrogen and oxygen atoms in total. The maximum Gasteiger partial charge on any atom is 0.123 e. The van der Waals surface area contributed by atoms with Crippen LogP contribution in [0, 0.1) is 0 Å². The second kappa shape index (κ2) is 4.93. The Morgan fingerprint density at radius 3 is 3.00 bits per heavy atom. The highest BCUT2D eigenvalue weighted by Crippen LogP contribution is 2.17. The lowest BCUT2D eigenvalue weighted by atomic mass is 10.3. The molecule has 0 heterocycles. The van der Waals surface area contributed by atoms with Crippen LogP contribution in [0.5, 0.6) is 5.75 Å². The van der Waals surface area contributed by atoms with E-state index < -0.39 is 0 Å². The minimum absolute atomic E-state index is 0.437. The minimum Gasteiger partial charge on any atom is -0.493 e. The topological polar surface area (TPSA) is 26.3 Å². The summed E-state index contributed by atoms with van der Waals surface area (Å²) in [6.45, 7) is 0.444. The highest BCUT2D eigenvalue weighted by atomic mass is 79.9. The van der Waals surface area contributed by atoms with Crippen molar-refractivity contribution in [1.29, 1.82) is 0 Å². The molecular weight excluding hydrogens is 220 g/mol. The minimum atomic E-state index is 0.437. The highest BCUT2D eigenvalue weighted by molar-refractivity contribution is 9.10. The SMILES string of the molecule is O=CCCOc1cccc(Br)c1. The first-order valence-corrected chi connectivity index (χ1v) is 4.44. The molecule has 0 radical (unpaired) electrons. The molecule has 64 valence electrons. The summed E-state index contributed by atoms with van der Waals surface area (Å²) in [5, 5.41) is 0. The van der Waals surface area contributed by atoms with Crippen LogP contribution in [-0.4, -0.2) is 12.9 Å². The first-order chi connectivity index (χ1) is 5.83. The molecular formula is C9H9BrO2. The van der Waals surface area contributed by atoms with Crippen LogP contribution in [0.25, 0.3) is 0 Å². The summed E-state index contributed by atoms with van der Waals surface area (Å²) in [4.78, 5) is 9.97. The van der Waals surface area contributed by atoms with Gasteiger partial charge in [0.2, 0.25) is 0 Å². The van der Waals surface area contributed by atoms with Gasteiger partial charge in [0.1, 0.15) is 12.0 Å². The van der Waals surface area contributed by atoms with Crippen molar-refractivity contribution < 1.29 is 9.53 Å². The zero-order valence-corrected chi connectivity index (χ0v) is 8.08. The molecule has 0 amide bonds. The van der Waals surface area contributed by atoms with E-state index in [9.17, 15) is 4.79 Å². The van der Waals surface area contributed by atoms with Gasteiger partial charge in [-0.25, -0.2) is 0 Å². The summed E-state index contributed by atoms with van der Waals surface area (Å²) in [5.74, 6) is 0.784. The number of rotatable bonds is 4. The molecule has 0 aromatic heterocycles. The van der Waals surface area contributed by atoms with E-state index in [1.165, 1.54) is 0 Å². The average molecular weight is 229 g/mol. The van der Waals surface area contributed by atoms with E-state index >= 15 is 0 Å². The van der Waals surface area contributed by atoms with Gasteiger partial charge in [0.05, 0.1) is 6.61 Å². The lowest BCUT2D eigenvalue weighted by molar-refractivity contribution is -0.108. The maximum atomic E-state index is 9.97. The number of aldehydes is 1.